The van der Waals surface area contributed by atoms with E-state index in [4.69, 9.17) is 16.3 Å². The number of ether oxygens (including phenoxy) is 1. The summed E-state index contributed by atoms with van der Waals surface area (Å²) in [6.07, 6.45) is 0. The van der Waals surface area contributed by atoms with Gasteiger partial charge in [0.15, 0.2) is 5.75 Å². The molecule has 1 aromatic carbocycles. The van der Waals surface area contributed by atoms with Gasteiger partial charge in [-0.05, 0) is 30.6 Å². The van der Waals surface area contributed by atoms with E-state index >= 15 is 0 Å². The molecule has 0 spiro atoms. The summed E-state index contributed by atoms with van der Waals surface area (Å²) in [7, 11) is 4.92. The Morgan fingerprint density at radius 1 is 1.45 bits per heavy atom. The quantitative estimate of drug-likeness (QED) is 0.906. The lowest BCUT2D eigenvalue weighted by Crippen LogP contribution is -2.22. The summed E-state index contributed by atoms with van der Waals surface area (Å²) in [6.45, 7) is 2.55. The molecule has 2 rings (SSSR count). The van der Waals surface area contributed by atoms with Crippen LogP contribution in [0, 0.1) is 6.92 Å². The van der Waals surface area contributed by atoms with Gasteiger partial charge in [-0.2, -0.15) is 4.37 Å². The highest BCUT2D eigenvalue weighted by Crippen LogP contribution is 2.33. The number of carbonyl (C=O) groups is 1. The average molecular weight is 340 g/mol. The Morgan fingerprint density at radius 2 is 2.18 bits per heavy atom. The number of rotatable bonds is 5. The molecule has 0 aliphatic rings. The van der Waals surface area contributed by atoms with Crippen LogP contribution in [0.4, 0.5) is 5.69 Å². The van der Waals surface area contributed by atoms with Crippen LogP contribution in [0.5, 0.6) is 5.75 Å². The Morgan fingerprint density at radius 3 is 2.73 bits per heavy atom. The maximum absolute atomic E-state index is 12.3. The highest BCUT2D eigenvalue weighted by molar-refractivity contribution is 7.03. The number of nitrogens with zero attached hydrogens (tertiary/aromatic N) is 2. The first kappa shape index (κ1) is 16.6. The van der Waals surface area contributed by atoms with Crippen LogP contribution in [0.15, 0.2) is 17.5 Å². The number of nitrogens with one attached hydrogen (secondary N) is 1. The highest BCUT2D eigenvalue weighted by atomic mass is 35.5. The normalized spacial score (nSPS) is 10.4. The number of hydrogen-bond donors (Lipinski definition) is 1. The third-order valence-electron chi connectivity index (χ3n) is 3.21. The summed E-state index contributed by atoms with van der Waals surface area (Å²) in [4.78, 5) is 13.8. The average Bonchev–Trinajstić information content (AvgIpc) is 2.88. The van der Waals surface area contributed by atoms with Gasteiger partial charge in [-0.3, -0.25) is 4.79 Å². The van der Waals surface area contributed by atoms with Gasteiger partial charge in [-0.15, -0.1) is 0 Å². The maximum atomic E-state index is 12.3. The Balaban J connectivity index is 2.34. The molecule has 0 atom stereocenters. The van der Waals surface area contributed by atoms with Crippen LogP contribution < -0.4 is 10.1 Å². The standard InChI is InChI=1S/C15H18ClN3O2S/c1-9-10(8-22-18-9)7-17-13-6-11(16)5-12(14(13)21-4)15(20)19(2)3/h5-6,8,17H,7H2,1-4H3. The SMILES string of the molecule is COc1c(NCc2csnc2C)cc(Cl)cc1C(=O)N(C)C. The fraction of sp³-hybridized carbons (Fsp3) is 0.333. The monoisotopic (exact) mass is 339 g/mol. The van der Waals surface area contributed by atoms with E-state index in [1.54, 1.807) is 26.2 Å². The summed E-state index contributed by atoms with van der Waals surface area (Å²) in [5, 5.41) is 5.74. The largest absolute Gasteiger partial charge is 0.494 e. The van der Waals surface area contributed by atoms with Gasteiger partial charge in [0.1, 0.15) is 0 Å². The second-order valence-electron chi connectivity index (χ2n) is 5.01. The lowest BCUT2D eigenvalue weighted by atomic mass is 10.1. The molecule has 7 heteroatoms. The number of halogens is 1. The Bertz CT molecular complexity index is 685. The molecule has 5 nitrogen and oxygen atoms in total. The molecule has 0 aliphatic carbocycles. The molecule has 22 heavy (non-hydrogen) atoms. The first-order valence-corrected chi connectivity index (χ1v) is 7.88. The van der Waals surface area contributed by atoms with Crippen molar-refractivity contribution in [1.82, 2.24) is 9.27 Å². The zero-order valence-electron chi connectivity index (χ0n) is 12.9. The van der Waals surface area contributed by atoms with E-state index in [1.165, 1.54) is 23.5 Å². The van der Waals surface area contributed by atoms with Crippen LogP contribution in [-0.4, -0.2) is 36.4 Å². The smallest absolute Gasteiger partial charge is 0.257 e. The summed E-state index contributed by atoms with van der Waals surface area (Å²) in [5.74, 6) is 0.333. The third-order valence-corrected chi connectivity index (χ3v) is 4.20. The first-order chi connectivity index (χ1) is 10.4. The van der Waals surface area contributed by atoms with Crippen LogP contribution in [0.25, 0.3) is 0 Å². The van der Waals surface area contributed by atoms with Gasteiger partial charge in [0.25, 0.3) is 5.91 Å². The minimum absolute atomic E-state index is 0.157. The molecule has 1 aromatic heterocycles. The minimum Gasteiger partial charge on any atom is -0.494 e. The van der Waals surface area contributed by atoms with Gasteiger partial charge in [-0.25, -0.2) is 0 Å². The van der Waals surface area contributed by atoms with Crippen LogP contribution in [-0.2, 0) is 6.54 Å². The van der Waals surface area contributed by atoms with Crippen molar-refractivity contribution in [3.8, 4) is 5.75 Å². The van der Waals surface area contributed by atoms with Crippen molar-refractivity contribution in [3.63, 3.8) is 0 Å². The molecule has 0 saturated heterocycles. The van der Waals surface area contributed by atoms with Gasteiger partial charge < -0.3 is 15.0 Å². The maximum Gasteiger partial charge on any atom is 0.257 e. The molecule has 118 valence electrons. The molecular weight excluding hydrogens is 322 g/mol. The van der Waals surface area contributed by atoms with Crippen molar-refractivity contribution in [2.75, 3.05) is 26.5 Å². The van der Waals surface area contributed by atoms with E-state index in [9.17, 15) is 4.79 Å². The predicted molar refractivity (Wildman–Crippen MR) is 90.2 cm³/mol. The number of benzene rings is 1. The molecule has 0 unspecified atom stereocenters. The number of aromatic nitrogens is 1. The highest BCUT2D eigenvalue weighted by Gasteiger charge is 2.19. The molecule has 1 heterocycles. The molecule has 0 saturated carbocycles. The summed E-state index contributed by atoms with van der Waals surface area (Å²) in [5.41, 5.74) is 3.21. The zero-order valence-corrected chi connectivity index (χ0v) is 14.5. The Kier molecular flexibility index (Phi) is 5.26. The number of amides is 1. The van der Waals surface area contributed by atoms with Gasteiger partial charge in [0.05, 0.1) is 24.1 Å². The van der Waals surface area contributed by atoms with Gasteiger partial charge in [0, 0.05) is 36.6 Å². The minimum atomic E-state index is -0.157. The topological polar surface area (TPSA) is 54.5 Å². The van der Waals surface area contributed by atoms with Gasteiger partial charge >= 0.3 is 0 Å². The number of aryl methyl sites for hydroxylation is 1. The third kappa shape index (κ3) is 3.51. The van der Waals surface area contributed by atoms with E-state index in [0.29, 0.717) is 28.6 Å². The number of methoxy groups -OCH3 is 1. The summed E-state index contributed by atoms with van der Waals surface area (Å²) < 4.78 is 9.66. The van der Waals surface area contributed by atoms with Gasteiger partial charge in [-0.1, -0.05) is 11.6 Å². The molecular formula is C15H18ClN3O2S. The Labute approximate surface area is 139 Å². The number of anilines is 1. The van der Waals surface area contributed by atoms with E-state index in [-0.39, 0.29) is 5.91 Å². The number of carbonyl (C=O) groups excluding carboxylic acids is 1. The molecule has 0 fully saturated rings. The van der Waals surface area contributed by atoms with Crippen molar-refractivity contribution in [2.45, 2.75) is 13.5 Å². The van der Waals surface area contributed by atoms with E-state index in [1.807, 2.05) is 12.3 Å². The predicted octanol–water partition coefficient (Wildman–Crippen LogP) is 3.43. The van der Waals surface area contributed by atoms with Crippen LogP contribution in [0.3, 0.4) is 0 Å². The molecule has 0 aliphatic heterocycles. The van der Waals surface area contributed by atoms with Crippen molar-refractivity contribution in [3.05, 3.63) is 39.4 Å². The van der Waals surface area contributed by atoms with Crippen molar-refractivity contribution >= 4 is 34.7 Å². The van der Waals surface area contributed by atoms with Crippen molar-refractivity contribution in [2.24, 2.45) is 0 Å². The molecule has 1 amide bonds. The lowest BCUT2D eigenvalue weighted by Gasteiger charge is -2.18. The van der Waals surface area contributed by atoms with Crippen molar-refractivity contribution < 1.29 is 9.53 Å². The molecule has 0 radical (unpaired) electrons. The fourth-order valence-corrected chi connectivity index (χ4v) is 2.94. The van der Waals surface area contributed by atoms with E-state index < -0.39 is 0 Å². The summed E-state index contributed by atoms with van der Waals surface area (Å²) >= 11 is 7.56. The lowest BCUT2D eigenvalue weighted by molar-refractivity contribution is 0.0824. The van der Waals surface area contributed by atoms with Crippen molar-refractivity contribution in [1.29, 1.82) is 0 Å². The molecule has 1 N–H and O–H groups in total. The second kappa shape index (κ2) is 6.98. The molecule has 0 bridgehead atoms. The van der Waals surface area contributed by atoms with Crippen LogP contribution >= 0.6 is 23.1 Å². The number of hydrogen-bond acceptors (Lipinski definition) is 5. The van der Waals surface area contributed by atoms with Gasteiger partial charge in [0.2, 0.25) is 0 Å². The summed E-state index contributed by atoms with van der Waals surface area (Å²) in [6, 6.07) is 3.37. The second-order valence-corrected chi connectivity index (χ2v) is 6.08. The molecule has 2 aromatic rings. The first-order valence-electron chi connectivity index (χ1n) is 6.67. The fourth-order valence-electron chi connectivity index (χ4n) is 2.02. The van der Waals surface area contributed by atoms with E-state index in [2.05, 4.69) is 9.69 Å². The van der Waals surface area contributed by atoms with Crippen LogP contribution in [0.2, 0.25) is 5.02 Å². The van der Waals surface area contributed by atoms with Crippen LogP contribution in [0.1, 0.15) is 21.6 Å². The van der Waals surface area contributed by atoms with E-state index in [0.717, 1.165) is 11.3 Å². The zero-order chi connectivity index (χ0) is 16.3. The Hall–Kier alpha value is -1.79.